The third-order valence-corrected chi connectivity index (χ3v) is 9.31. The maximum atomic E-state index is 4.66. The molecule has 247 valence electrons. The fourth-order valence-electron chi connectivity index (χ4n) is 6.48. The second-order valence-electron chi connectivity index (χ2n) is 12.8. The molecule has 0 saturated carbocycles. The van der Waals surface area contributed by atoms with Gasteiger partial charge in [-0.05, 0) is 94.5 Å². The second-order valence-corrected chi connectivity index (χ2v) is 12.8. The van der Waals surface area contributed by atoms with E-state index in [1.54, 1.807) is 0 Å². The summed E-state index contributed by atoms with van der Waals surface area (Å²) in [5.41, 5.74) is 15.1. The monoisotopic (exact) mass is 823 g/mol. The molecule has 50 heavy (non-hydrogen) atoms. The molecule has 0 spiro atoms. The smallest absolute Gasteiger partial charge is 0.0192 e. The van der Waals surface area contributed by atoms with Gasteiger partial charge in [0.05, 0.1) is 0 Å². The SMILES string of the molecule is Cc1c[c-]c(-c2cc(C)c(C)cn2)cc1.Cc1cccc(C)c1-c1ccnc(-c2[c-]cc(-c3cc4ccccc4c4ccccc34)cc2)c1.[Ir]. The van der Waals surface area contributed by atoms with Crippen molar-refractivity contribution in [2.75, 3.05) is 0 Å². The van der Waals surface area contributed by atoms with Crippen LogP contribution in [0.25, 0.3) is 66.3 Å². The van der Waals surface area contributed by atoms with Gasteiger partial charge in [0.2, 0.25) is 0 Å². The number of rotatable bonds is 4. The predicted octanol–water partition coefficient (Wildman–Crippen LogP) is 12.3. The fourth-order valence-corrected chi connectivity index (χ4v) is 6.48. The van der Waals surface area contributed by atoms with Crippen molar-refractivity contribution in [3.63, 3.8) is 0 Å². The molecule has 2 heterocycles. The molecule has 0 bridgehead atoms. The molecular weight excluding hydrogens is 785 g/mol. The van der Waals surface area contributed by atoms with E-state index in [1.807, 2.05) is 18.5 Å². The largest absolute Gasteiger partial charge is 0.305 e. The zero-order valence-corrected chi connectivity index (χ0v) is 31.4. The van der Waals surface area contributed by atoms with Gasteiger partial charge in [-0.3, -0.25) is 0 Å². The van der Waals surface area contributed by atoms with Crippen molar-refractivity contribution in [3.05, 3.63) is 180 Å². The Morgan fingerprint density at radius 3 is 1.82 bits per heavy atom. The van der Waals surface area contributed by atoms with E-state index < -0.39 is 0 Å². The van der Waals surface area contributed by atoms with E-state index in [2.05, 4.69) is 178 Å². The predicted molar refractivity (Wildman–Crippen MR) is 207 cm³/mol. The van der Waals surface area contributed by atoms with Crippen LogP contribution in [-0.4, -0.2) is 9.97 Å². The first kappa shape index (κ1) is 34.6. The summed E-state index contributed by atoms with van der Waals surface area (Å²) in [6.07, 6.45) is 3.81. The van der Waals surface area contributed by atoms with Gasteiger partial charge in [-0.15, -0.1) is 65.2 Å². The quantitative estimate of drug-likeness (QED) is 0.131. The van der Waals surface area contributed by atoms with Gasteiger partial charge >= 0.3 is 0 Å². The molecule has 0 aliphatic carbocycles. The molecule has 8 aromatic rings. The summed E-state index contributed by atoms with van der Waals surface area (Å²) in [6.45, 7) is 10.6. The van der Waals surface area contributed by atoms with Crippen LogP contribution in [-0.2, 0) is 20.1 Å². The standard InChI is InChI=1S/C33H24N.C14H14N.Ir/c1-22-8-7-9-23(2)33(22)27-18-19-34-32(21-27)25-16-14-24(15-17-25)31-20-26-10-3-4-11-28(26)29-12-5-6-13-30(29)31;1-10-4-6-13(7-5-10)14-8-11(2)12(3)9-15-14;/h3-16,18-21H,1-2H3;4-6,8-9H,1-3H3;/q2*-1;. The number of nitrogens with zero attached hydrogens (tertiary/aromatic N) is 2. The van der Waals surface area contributed by atoms with Gasteiger partial charge < -0.3 is 9.97 Å². The van der Waals surface area contributed by atoms with Crippen molar-refractivity contribution in [1.29, 1.82) is 0 Å². The molecule has 2 aromatic heterocycles. The van der Waals surface area contributed by atoms with Gasteiger partial charge in [-0.2, -0.15) is 0 Å². The van der Waals surface area contributed by atoms with Crippen molar-refractivity contribution in [2.24, 2.45) is 0 Å². The molecule has 2 nitrogen and oxygen atoms in total. The number of aryl methyl sites for hydroxylation is 5. The maximum absolute atomic E-state index is 4.66. The molecular formula is C47H38IrN2-2. The Bertz CT molecular complexity index is 2410. The molecule has 0 unspecified atom stereocenters. The van der Waals surface area contributed by atoms with E-state index in [4.69, 9.17) is 0 Å². The van der Waals surface area contributed by atoms with Crippen LogP contribution >= 0.6 is 0 Å². The number of hydrogen-bond donors (Lipinski definition) is 0. The van der Waals surface area contributed by atoms with E-state index in [0.29, 0.717) is 0 Å². The van der Waals surface area contributed by atoms with E-state index in [0.717, 1.165) is 28.1 Å². The summed E-state index contributed by atoms with van der Waals surface area (Å²) >= 11 is 0. The molecule has 0 atom stereocenters. The van der Waals surface area contributed by atoms with Crippen LogP contribution < -0.4 is 0 Å². The Morgan fingerprint density at radius 2 is 1.14 bits per heavy atom. The normalized spacial score (nSPS) is 10.7. The summed E-state index contributed by atoms with van der Waals surface area (Å²) in [5, 5.41) is 5.08. The molecule has 0 aliphatic rings. The van der Waals surface area contributed by atoms with E-state index in [-0.39, 0.29) is 20.1 Å². The number of benzene rings is 6. The number of pyridine rings is 2. The minimum Gasteiger partial charge on any atom is -0.305 e. The van der Waals surface area contributed by atoms with Gasteiger partial charge in [0.15, 0.2) is 0 Å². The number of aromatic nitrogens is 2. The molecule has 0 amide bonds. The van der Waals surface area contributed by atoms with Crippen LogP contribution in [0.5, 0.6) is 0 Å². The molecule has 6 aromatic carbocycles. The number of fused-ring (bicyclic) bond motifs is 3. The van der Waals surface area contributed by atoms with Crippen molar-refractivity contribution in [2.45, 2.75) is 34.6 Å². The van der Waals surface area contributed by atoms with E-state index in [9.17, 15) is 0 Å². The summed E-state index contributed by atoms with van der Waals surface area (Å²) in [7, 11) is 0. The van der Waals surface area contributed by atoms with Crippen LogP contribution in [0.2, 0.25) is 0 Å². The first-order valence-electron chi connectivity index (χ1n) is 16.7. The molecule has 0 fully saturated rings. The van der Waals surface area contributed by atoms with Crippen molar-refractivity contribution >= 4 is 21.5 Å². The van der Waals surface area contributed by atoms with Crippen LogP contribution in [0, 0.1) is 46.8 Å². The Balaban J connectivity index is 0.000000227. The second kappa shape index (κ2) is 15.1. The molecule has 0 saturated heterocycles. The summed E-state index contributed by atoms with van der Waals surface area (Å²) in [4.78, 5) is 9.06. The van der Waals surface area contributed by atoms with Crippen molar-refractivity contribution < 1.29 is 20.1 Å². The zero-order chi connectivity index (χ0) is 33.9. The summed E-state index contributed by atoms with van der Waals surface area (Å²) in [6, 6.07) is 51.7. The average Bonchev–Trinajstić information content (AvgIpc) is 3.13. The van der Waals surface area contributed by atoms with E-state index >= 15 is 0 Å². The Kier molecular flexibility index (Phi) is 10.5. The first-order valence-corrected chi connectivity index (χ1v) is 16.7. The molecule has 0 aliphatic heterocycles. The Hall–Kier alpha value is -5.21. The third kappa shape index (κ3) is 7.21. The van der Waals surface area contributed by atoms with Gasteiger partial charge in [-0.25, -0.2) is 0 Å². The summed E-state index contributed by atoms with van der Waals surface area (Å²) < 4.78 is 0. The van der Waals surface area contributed by atoms with Crippen LogP contribution in [0.1, 0.15) is 27.8 Å². The average molecular weight is 823 g/mol. The van der Waals surface area contributed by atoms with Crippen molar-refractivity contribution in [3.8, 4) is 44.8 Å². The molecule has 8 rings (SSSR count). The van der Waals surface area contributed by atoms with Crippen LogP contribution in [0.3, 0.4) is 0 Å². The fraction of sp³-hybridized carbons (Fsp3) is 0.106. The number of hydrogen-bond acceptors (Lipinski definition) is 2. The van der Waals surface area contributed by atoms with Gasteiger partial charge in [0.1, 0.15) is 0 Å². The maximum Gasteiger partial charge on any atom is 0.0192 e. The minimum atomic E-state index is 0. The zero-order valence-electron chi connectivity index (χ0n) is 29.0. The Morgan fingerprint density at radius 1 is 0.480 bits per heavy atom. The van der Waals surface area contributed by atoms with Gasteiger partial charge in [0, 0.05) is 32.5 Å². The third-order valence-electron chi connectivity index (χ3n) is 9.31. The van der Waals surface area contributed by atoms with Crippen LogP contribution in [0.15, 0.2) is 140 Å². The first-order chi connectivity index (χ1) is 23.9. The molecule has 0 N–H and O–H groups in total. The molecule has 1 radical (unpaired) electrons. The topological polar surface area (TPSA) is 25.8 Å². The Labute approximate surface area is 309 Å². The van der Waals surface area contributed by atoms with Crippen LogP contribution in [0.4, 0.5) is 0 Å². The van der Waals surface area contributed by atoms with Gasteiger partial charge in [-0.1, -0.05) is 109 Å². The van der Waals surface area contributed by atoms with Gasteiger partial charge in [0.25, 0.3) is 0 Å². The summed E-state index contributed by atoms with van der Waals surface area (Å²) in [5.74, 6) is 0. The molecule has 3 heteroatoms. The van der Waals surface area contributed by atoms with E-state index in [1.165, 1.54) is 66.1 Å². The van der Waals surface area contributed by atoms with Crippen molar-refractivity contribution in [1.82, 2.24) is 9.97 Å². The minimum absolute atomic E-state index is 0.